The Morgan fingerprint density at radius 2 is 1.91 bits per heavy atom. The van der Waals surface area contributed by atoms with Gasteiger partial charge in [-0.3, -0.25) is 0 Å². The van der Waals surface area contributed by atoms with Crippen molar-refractivity contribution in [1.82, 2.24) is 0 Å². The Balaban J connectivity index is 2.68. The molecule has 0 saturated heterocycles. The van der Waals surface area contributed by atoms with E-state index in [0.29, 0.717) is 0 Å². The molecule has 66 valence electrons. The Morgan fingerprint density at radius 3 is 2.00 bits per heavy atom. The van der Waals surface area contributed by atoms with Crippen LogP contribution in [0.4, 0.5) is 13.2 Å². The Hall–Kier alpha value is -0.290. The first-order valence-electron chi connectivity index (χ1n) is 3.39. The molecule has 0 aromatic heterocycles. The molecule has 0 unspecified atom stereocenters. The lowest BCUT2D eigenvalue weighted by Crippen LogP contribution is -2.40. The molecule has 1 rings (SSSR count). The van der Waals surface area contributed by atoms with Gasteiger partial charge in [-0.1, -0.05) is 0 Å². The molecule has 1 atom stereocenters. The predicted octanol–water partition coefficient (Wildman–Crippen LogP) is 0.649. The number of hydrogen-bond acceptors (Lipinski definition) is 2. The maximum absolute atomic E-state index is 12.1. The summed E-state index contributed by atoms with van der Waals surface area (Å²) in [6.07, 6.45) is -5.71. The van der Waals surface area contributed by atoms with Gasteiger partial charge in [0.05, 0.1) is 11.5 Å². The molecule has 1 saturated carbocycles. The van der Waals surface area contributed by atoms with Gasteiger partial charge in [-0.25, -0.2) is 0 Å². The van der Waals surface area contributed by atoms with Crippen LogP contribution in [-0.2, 0) is 0 Å². The summed E-state index contributed by atoms with van der Waals surface area (Å²) in [7, 11) is 0. The lowest BCUT2D eigenvalue weighted by atomic mass is 9.99. The molecular weight excluding hydrogens is 159 g/mol. The van der Waals surface area contributed by atoms with E-state index in [1.54, 1.807) is 0 Å². The van der Waals surface area contributed by atoms with Gasteiger partial charge in [-0.15, -0.1) is 0 Å². The second-order valence-corrected chi connectivity index (χ2v) is 2.91. The van der Waals surface area contributed by atoms with Crippen molar-refractivity contribution in [3.63, 3.8) is 0 Å². The zero-order valence-corrected chi connectivity index (χ0v) is 5.86. The van der Waals surface area contributed by atoms with Gasteiger partial charge >= 0.3 is 6.18 Å². The van der Waals surface area contributed by atoms with E-state index in [4.69, 9.17) is 10.8 Å². The number of halogens is 3. The largest absolute Gasteiger partial charge is 0.397 e. The Kier molecular flexibility index (Phi) is 1.88. The van der Waals surface area contributed by atoms with Crippen LogP contribution in [0.25, 0.3) is 0 Å². The highest BCUT2D eigenvalue weighted by atomic mass is 19.4. The van der Waals surface area contributed by atoms with E-state index in [0.717, 1.165) is 0 Å². The molecule has 0 amide bonds. The molecule has 0 radical (unpaired) electrons. The third kappa shape index (κ3) is 1.22. The third-order valence-corrected chi connectivity index (χ3v) is 2.21. The zero-order chi connectivity index (χ0) is 8.70. The fourth-order valence-electron chi connectivity index (χ4n) is 1.17. The number of rotatable bonds is 2. The van der Waals surface area contributed by atoms with E-state index in [1.807, 2.05) is 0 Å². The standard InChI is InChI=1S/C6H10F3NO/c7-6(8,9)5(1-2-5)4(11)3-10/h4,11H,1-3,10H2/t4-/m1/s1. The van der Waals surface area contributed by atoms with Gasteiger partial charge in [-0.2, -0.15) is 13.2 Å². The first-order valence-corrected chi connectivity index (χ1v) is 3.39. The highest BCUT2D eigenvalue weighted by Crippen LogP contribution is 2.59. The van der Waals surface area contributed by atoms with E-state index in [-0.39, 0.29) is 19.4 Å². The maximum Gasteiger partial charge on any atom is 0.397 e. The van der Waals surface area contributed by atoms with Crippen LogP contribution in [0.1, 0.15) is 12.8 Å². The van der Waals surface area contributed by atoms with Crippen LogP contribution in [0, 0.1) is 5.41 Å². The SMILES string of the molecule is NC[C@@H](O)C1(C(F)(F)F)CC1. The predicted molar refractivity (Wildman–Crippen MR) is 32.8 cm³/mol. The summed E-state index contributed by atoms with van der Waals surface area (Å²) in [5.41, 5.74) is 3.07. The summed E-state index contributed by atoms with van der Waals surface area (Å²) in [4.78, 5) is 0. The van der Waals surface area contributed by atoms with E-state index in [9.17, 15) is 13.2 Å². The van der Waals surface area contributed by atoms with E-state index in [1.165, 1.54) is 0 Å². The maximum atomic E-state index is 12.1. The van der Waals surface area contributed by atoms with Crippen molar-refractivity contribution in [3.05, 3.63) is 0 Å². The van der Waals surface area contributed by atoms with Crippen LogP contribution in [0.5, 0.6) is 0 Å². The van der Waals surface area contributed by atoms with Crippen LogP contribution in [0.15, 0.2) is 0 Å². The van der Waals surface area contributed by atoms with Crippen molar-refractivity contribution in [2.45, 2.75) is 25.1 Å². The van der Waals surface area contributed by atoms with Crippen molar-refractivity contribution in [2.75, 3.05) is 6.54 Å². The molecule has 1 fully saturated rings. The van der Waals surface area contributed by atoms with Crippen LogP contribution < -0.4 is 5.73 Å². The van der Waals surface area contributed by atoms with Gasteiger partial charge in [-0.05, 0) is 12.8 Å². The molecule has 11 heavy (non-hydrogen) atoms. The van der Waals surface area contributed by atoms with Gasteiger partial charge in [0.25, 0.3) is 0 Å². The molecule has 2 nitrogen and oxygen atoms in total. The van der Waals surface area contributed by atoms with E-state index < -0.39 is 17.7 Å². The minimum absolute atomic E-state index is 0.00880. The van der Waals surface area contributed by atoms with Crippen LogP contribution in [0.3, 0.4) is 0 Å². The fraction of sp³-hybridized carbons (Fsp3) is 1.00. The summed E-state index contributed by atoms with van der Waals surface area (Å²) >= 11 is 0. The first-order chi connectivity index (χ1) is 4.94. The van der Waals surface area contributed by atoms with Crippen molar-refractivity contribution in [3.8, 4) is 0 Å². The number of alkyl halides is 3. The van der Waals surface area contributed by atoms with Crippen molar-refractivity contribution in [1.29, 1.82) is 0 Å². The molecule has 1 aliphatic carbocycles. The average molecular weight is 169 g/mol. The fourth-order valence-corrected chi connectivity index (χ4v) is 1.17. The molecule has 0 spiro atoms. The van der Waals surface area contributed by atoms with Gasteiger partial charge < -0.3 is 10.8 Å². The second-order valence-electron chi connectivity index (χ2n) is 2.91. The van der Waals surface area contributed by atoms with Gasteiger partial charge in [0, 0.05) is 6.54 Å². The molecule has 5 heteroatoms. The number of aliphatic hydroxyl groups excluding tert-OH is 1. The smallest absolute Gasteiger partial charge is 0.391 e. The summed E-state index contributed by atoms with van der Waals surface area (Å²) in [5, 5.41) is 8.94. The van der Waals surface area contributed by atoms with Gasteiger partial charge in [0.15, 0.2) is 0 Å². The van der Waals surface area contributed by atoms with Crippen molar-refractivity contribution in [2.24, 2.45) is 11.1 Å². The normalized spacial score (nSPS) is 24.8. The number of aliphatic hydroxyl groups is 1. The van der Waals surface area contributed by atoms with Crippen LogP contribution in [-0.4, -0.2) is 23.9 Å². The Bertz CT molecular complexity index is 152. The molecule has 0 heterocycles. The lowest BCUT2D eigenvalue weighted by Gasteiger charge is -2.23. The van der Waals surface area contributed by atoms with Gasteiger partial charge in [0.1, 0.15) is 0 Å². The minimum atomic E-state index is -4.30. The number of hydrogen-bond donors (Lipinski definition) is 2. The summed E-state index contributed by atoms with van der Waals surface area (Å²) < 4.78 is 36.4. The summed E-state index contributed by atoms with van der Waals surface area (Å²) in [5.74, 6) is 0. The number of nitrogens with two attached hydrogens (primary N) is 1. The highest BCUT2D eigenvalue weighted by molar-refractivity contribution is 5.04. The quantitative estimate of drug-likeness (QED) is 0.637. The molecule has 1 aliphatic rings. The van der Waals surface area contributed by atoms with Crippen molar-refractivity contribution >= 4 is 0 Å². The molecule has 3 N–H and O–H groups in total. The Morgan fingerprint density at radius 1 is 1.45 bits per heavy atom. The van der Waals surface area contributed by atoms with E-state index in [2.05, 4.69) is 0 Å². The van der Waals surface area contributed by atoms with Crippen molar-refractivity contribution < 1.29 is 18.3 Å². The molecular formula is C6H10F3NO. The summed E-state index contributed by atoms with van der Waals surface area (Å²) in [6.45, 7) is -0.320. The molecule has 0 aliphatic heterocycles. The highest BCUT2D eigenvalue weighted by Gasteiger charge is 2.66. The first kappa shape index (κ1) is 8.80. The van der Waals surface area contributed by atoms with Crippen LogP contribution in [0.2, 0.25) is 0 Å². The monoisotopic (exact) mass is 169 g/mol. The topological polar surface area (TPSA) is 46.2 Å². The lowest BCUT2D eigenvalue weighted by molar-refractivity contribution is -0.212. The van der Waals surface area contributed by atoms with Gasteiger partial charge in [0.2, 0.25) is 0 Å². The minimum Gasteiger partial charge on any atom is -0.391 e. The molecule has 0 aromatic rings. The summed E-state index contributed by atoms with van der Waals surface area (Å²) in [6, 6.07) is 0. The molecule has 0 aromatic carbocycles. The third-order valence-electron chi connectivity index (χ3n) is 2.21. The molecule has 0 bridgehead atoms. The van der Waals surface area contributed by atoms with Crippen LogP contribution >= 0.6 is 0 Å². The second kappa shape index (κ2) is 2.35. The Labute approximate surface area is 62.2 Å². The zero-order valence-electron chi connectivity index (χ0n) is 5.86. The average Bonchev–Trinajstić information content (AvgIpc) is 2.63. The van der Waals surface area contributed by atoms with E-state index >= 15 is 0 Å².